The van der Waals surface area contributed by atoms with Gasteiger partial charge in [0.05, 0.1) is 0 Å². The fourth-order valence-corrected chi connectivity index (χ4v) is 2.66. The van der Waals surface area contributed by atoms with Gasteiger partial charge in [-0.1, -0.05) is 13.8 Å². The smallest absolute Gasteiger partial charge is 0.193 e. The maximum absolute atomic E-state index is 5.06. The lowest BCUT2D eigenvalue weighted by molar-refractivity contribution is 0.195. The van der Waals surface area contributed by atoms with Crippen molar-refractivity contribution < 1.29 is 4.74 Å². The lowest BCUT2D eigenvalue weighted by atomic mass is 9.92. The number of ether oxygens (including phenoxy) is 1. The number of rotatable bonds is 5. The topological polar surface area (TPSA) is 36.9 Å². The number of hydrogen-bond donors (Lipinski definition) is 1. The third kappa shape index (κ3) is 7.34. The molecule has 2 unspecified atom stereocenters. The highest BCUT2D eigenvalue weighted by Crippen LogP contribution is 2.20. The van der Waals surface area contributed by atoms with Crippen LogP contribution in [0, 0.1) is 11.8 Å². The van der Waals surface area contributed by atoms with Crippen molar-refractivity contribution in [1.29, 1.82) is 0 Å². The van der Waals surface area contributed by atoms with Gasteiger partial charge >= 0.3 is 0 Å². The maximum atomic E-state index is 5.06. The monoisotopic (exact) mass is 383 g/mol. The zero-order valence-corrected chi connectivity index (χ0v) is 15.1. The van der Waals surface area contributed by atoms with Crippen molar-refractivity contribution in [3.63, 3.8) is 0 Å². The summed E-state index contributed by atoms with van der Waals surface area (Å²) in [6.07, 6.45) is 2.32. The molecule has 1 fully saturated rings. The quantitative estimate of drug-likeness (QED) is 0.343. The molecule has 0 aromatic carbocycles. The van der Waals surface area contributed by atoms with E-state index in [-0.39, 0.29) is 24.0 Å². The van der Waals surface area contributed by atoms with Crippen LogP contribution in [0.3, 0.4) is 0 Å². The lowest BCUT2D eigenvalue weighted by Gasteiger charge is -2.37. The van der Waals surface area contributed by atoms with Crippen LogP contribution in [0.15, 0.2) is 4.99 Å². The number of hydrogen-bond acceptors (Lipinski definition) is 2. The van der Waals surface area contributed by atoms with Crippen LogP contribution in [0.25, 0.3) is 0 Å². The molecule has 1 heterocycles. The number of aliphatic imine (C=N–C) groups is 1. The minimum atomic E-state index is 0. The highest BCUT2D eigenvalue weighted by Gasteiger charge is 2.23. The minimum absolute atomic E-state index is 0. The van der Waals surface area contributed by atoms with E-state index in [0.717, 1.165) is 57.0 Å². The highest BCUT2D eigenvalue weighted by atomic mass is 127. The second-order valence-corrected chi connectivity index (χ2v) is 5.43. The van der Waals surface area contributed by atoms with Gasteiger partial charge in [-0.05, 0) is 31.6 Å². The Bertz CT molecular complexity index is 251. The number of piperidine rings is 1. The molecule has 0 saturated carbocycles. The average Bonchev–Trinajstić information content (AvgIpc) is 2.32. The third-order valence-corrected chi connectivity index (χ3v) is 3.27. The van der Waals surface area contributed by atoms with Gasteiger partial charge in [0.25, 0.3) is 0 Å². The van der Waals surface area contributed by atoms with E-state index < -0.39 is 0 Å². The second kappa shape index (κ2) is 10.7. The van der Waals surface area contributed by atoms with Crippen molar-refractivity contribution in [2.24, 2.45) is 16.8 Å². The van der Waals surface area contributed by atoms with E-state index in [0.29, 0.717) is 0 Å². The van der Waals surface area contributed by atoms with Gasteiger partial charge in [-0.2, -0.15) is 0 Å². The number of methoxy groups -OCH3 is 1. The van der Waals surface area contributed by atoms with Crippen LogP contribution >= 0.6 is 24.0 Å². The first-order valence-electron chi connectivity index (χ1n) is 7.19. The average molecular weight is 383 g/mol. The number of guanidine groups is 1. The van der Waals surface area contributed by atoms with Crippen molar-refractivity contribution in [2.45, 2.75) is 33.6 Å². The SMILES string of the molecule is CCNC(=NCCCOC)N1CC(C)CC(C)C1.I. The van der Waals surface area contributed by atoms with Crippen LogP contribution < -0.4 is 5.32 Å². The molecule has 114 valence electrons. The zero-order valence-electron chi connectivity index (χ0n) is 12.8. The molecular weight excluding hydrogens is 353 g/mol. The van der Waals surface area contributed by atoms with Gasteiger partial charge in [-0.15, -0.1) is 24.0 Å². The van der Waals surface area contributed by atoms with Gasteiger partial charge < -0.3 is 15.0 Å². The number of nitrogens with one attached hydrogen (secondary N) is 1. The fraction of sp³-hybridized carbons (Fsp3) is 0.929. The van der Waals surface area contributed by atoms with E-state index in [9.17, 15) is 0 Å². The van der Waals surface area contributed by atoms with Crippen LogP contribution in [0.5, 0.6) is 0 Å². The molecular formula is C14H30IN3O. The maximum Gasteiger partial charge on any atom is 0.193 e. The lowest BCUT2D eigenvalue weighted by Crippen LogP contribution is -2.48. The largest absolute Gasteiger partial charge is 0.385 e. The van der Waals surface area contributed by atoms with Crippen LogP contribution in [0.1, 0.15) is 33.6 Å². The number of likely N-dealkylation sites (tertiary alicyclic amines) is 1. The summed E-state index contributed by atoms with van der Waals surface area (Å²) in [4.78, 5) is 7.11. The van der Waals surface area contributed by atoms with E-state index in [4.69, 9.17) is 9.73 Å². The summed E-state index contributed by atoms with van der Waals surface area (Å²) < 4.78 is 5.06. The Kier molecular flexibility index (Phi) is 10.7. The van der Waals surface area contributed by atoms with Gasteiger partial charge in [-0.3, -0.25) is 4.99 Å². The van der Waals surface area contributed by atoms with E-state index in [2.05, 4.69) is 31.0 Å². The summed E-state index contributed by atoms with van der Waals surface area (Å²) in [5.41, 5.74) is 0. The molecule has 0 spiro atoms. The summed E-state index contributed by atoms with van der Waals surface area (Å²) in [6, 6.07) is 0. The van der Waals surface area contributed by atoms with Crippen molar-refractivity contribution in [3.05, 3.63) is 0 Å². The Morgan fingerprint density at radius 1 is 1.32 bits per heavy atom. The summed E-state index contributed by atoms with van der Waals surface area (Å²) >= 11 is 0. The van der Waals surface area contributed by atoms with Crippen LogP contribution in [-0.4, -0.2) is 50.8 Å². The Morgan fingerprint density at radius 3 is 2.47 bits per heavy atom. The van der Waals surface area contributed by atoms with Crippen molar-refractivity contribution in [1.82, 2.24) is 10.2 Å². The standard InChI is InChI=1S/C14H29N3O.HI/c1-5-15-14(16-7-6-8-18-4)17-10-12(2)9-13(3)11-17;/h12-13H,5-11H2,1-4H3,(H,15,16);1H. The molecule has 4 nitrogen and oxygen atoms in total. The van der Waals surface area contributed by atoms with E-state index in [1.165, 1.54) is 6.42 Å². The third-order valence-electron chi connectivity index (χ3n) is 3.27. The second-order valence-electron chi connectivity index (χ2n) is 5.43. The van der Waals surface area contributed by atoms with Crippen LogP contribution in [0.2, 0.25) is 0 Å². The summed E-state index contributed by atoms with van der Waals surface area (Å²) in [5.74, 6) is 2.60. The van der Waals surface area contributed by atoms with E-state index >= 15 is 0 Å². The van der Waals surface area contributed by atoms with Crippen LogP contribution in [-0.2, 0) is 4.74 Å². The molecule has 1 saturated heterocycles. The molecule has 0 radical (unpaired) electrons. The molecule has 1 rings (SSSR count). The molecule has 0 bridgehead atoms. The summed E-state index contributed by atoms with van der Waals surface area (Å²) in [5, 5.41) is 3.41. The van der Waals surface area contributed by atoms with Gasteiger partial charge in [0.1, 0.15) is 0 Å². The molecule has 1 N–H and O–H groups in total. The van der Waals surface area contributed by atoms with E-state index in [1.807, 2.05) is 0 Å². The predicted octanol–water partition coefficient (Wildman–Crippen LogP) is 2.58. The molecule has 19 heavy (non-hydrogen) atoms. The number of nitrogens with zero attached hydrogens (tertiary/aromatic N) is 2. The first-order chi connectivity index (χ1) is 8.67. The minimum Gasteiger partial charge on any atom is -0.385 e. The van der Waals surface area contributed by atoms with Crippen molar-refractivity contribution >= 4 is 29.9 Å². The molecule has 1 aliphatic rings. The van der Waals surface area contributed by atoms with Crippen LogP contribution in [0.4, 0.5) is 0 Å². The Hall–Kier alpha value is -0.0400. The molecule has 1 aliphatic heterocycles. The number of halogens is 1. The molecule has 0 aromatic rings. The van der Waals surface area contributed by atoms with Gasteiger partial charge in [0.15, 0.2) is 5.96 Å². The first kappa shape index (κ1) is 19.0. The van der Waals surface area contributed by atoms with Gasteiger partial charge in [0, 0.05) is 39.9 Å². The Balaban J connectivity index is 0.00000324. The predicted molar refractivity (Wildman–Crippen MR) is 92.4 cm³/mol. The molecule has 0 aliphatic carbocycles. The fourth-order valence-electron chi connectivity index (χ4n) is 2.66. The summed E-state index contributed by atoms with van der Waals surface area (Å²) in [6.45, 7) is 11.6. The van der Waals surface area contributed by atoms with Gasteiger partial charge in [0.2, 0.25) is 0 Å². The first-order valence-corrected chi connectivity index (χ1v) is 7.19. The Morgan fingerprint density at radius 2 is 1.95 bits per heavy atom. The highest BCUT2D eigenvalue weighted by molar-refractivity contribution is 14.0. The summed E-state index contributed by atoms with van der Waals surface area (Å²) in [7, 11) is 1.74. The normalized spacial score (nSPS) is 24.0. The molecule has 2 atom stereocenters. The molecule has 0 amide bonds. The zero-order chi connectivity index (χ0) is 13.4. The Labute approximate surface area is 135 Å². The van der Waals surface area contributed by atoms with Crippen molar-refractivity contribution in [3.8, 4) is 0 Å². The molecule has 5 heteroatoms. The van der Waals surface area contributed by atoms with Gasteiger partial charge in [-0.25, -0.2) is 0 Å². The van der Waals surface area contributed by atoms with E-state index in [1.54, 1.807) is 7.11 Å². The molecule has 0 aromatic heterocycles. The van der Waals surface area contributed by atoms with Crippen molar-refractivity contribution in [2.75, 3.05) is 39.9 Å².